The summed E-state index contributed by atoms with van der Waals surface area (Å²) in [5.74, 6) is 0.0247. The predicted molar refractivity (Wildman–Crippen MR) is 91.8 cm³/mol. The second kappa shape index (κ2) is 7.71. The molecule has 2 heterocycles. The Morgan fingerprint density at radius 2 is 1.58 bits per heavy atom. The van der Waals surface area contributed by atoms with Gasteiger partial charge in [0, 0.05) is 36.8 Å². The van der Waals surface area contributed by atoms with Crippen LogP contribution in [0.3, 0.4) is 0 Å². The van der Waals surface area contributed by atoms with Crippen LogP contribution in [0.5, 0.6) is 0 Å². The Hall–Kier alpha value is -2.01. The van der Waals surface area contributed by atoms with E-state index in [1.807, 2.05) is 9.80 Å². The molecule has 2 amide bonds. The minimum absolute atomic E-state index is 0.0128. The number of carbonyl (C=O) groups is 2. The van der Waals surface area contributed by atoms with Gasteiger partial charge in [-0.05, 0) is 43.5 Å². The molecule has 0 unspecified atom stereocenters. The lowest BCUT2D eigenvalue weighted by atomic mass is 10.1. The lowest BCUT2D eigenvalue weighted by molar-refractivity contribution is -0.127. The third-order valence-electron chi connectivity index (χ3n) is 4.37. The van der Waals surface area contributed by atoms with Gasteiger partial charge in [-0.25, -0.2) is 0 Å². The Labute approximate surface area is 146 Å². The Morgan fingerprint density at radius 3 is 2.21 bits per heavy atom. The van der Waals surface area contributed by atoms with E-state index >= 15 is 0 Å². The first kappa shape index (κ1) is 16.8. The second-order valence-electron chi connectivity index (χ2n) is 6.06. The largest absolute Gasteiger partial charge is 0.501 e. The van der Waals surface area contributed by atoms with Gasteiger partial charge in [0.25, 0.3) is 11.8 Å². The molecule has 6 heteroatoms. The van der Waals surface area contributed by atoms with Crippen LogP contribution < -0.4 is 0 Å². The molecule has 0 saturated carbocycles. The molecule has 0 atom stereocenters. The predicted octanol–water partition coefficient (Wildman–Crippen LogP) is 2.71. The number of hydrogen-bond donors (Lipinski definition) is 0. The van der Waals surface area contributed by atoms with Crippen molar-refractivity contribution < 1.29 is 14.3 Å². The third kappa shape index (κ3) is 3.90. The number of halogens is 1. The van der Waals surface area contributed by atoms with E-state index in [9.17, 15) is 9.59 Å². The summed E-state index contributed by atoms with van der Waals surface area (Å²) in [7, 11) is 0. The van der Waals surface area contributed by atoms with Crippen molar-refractivity contribution in [3.63, 3.8) is 0 Å². The van der Waals surface area contributed by atoms with Gasteiger partial charge < -0.3 is 14.5 Å². The van der Waals surface area contributed by atoms with Gasteiger partial charge >= 0.3 is 0 Å². The second-order valence-corrected chi connectivity index (χ2v) is 6.50. The van der Waals surface area contributed by atoms with Crippen molar-refractivity contribution in [3.05, 3.63) is 46.7 Å². The van der Waals surface area contributed by atoms with Crippen LogP contribution >= 0.6 is 11.6 Å². The normalized spacial score (nSPS) is 18.5. The zero-order valence-corrected chi connectivity index (χ0v) is 14.3. The summed E-state index contributed by atoms with van der Waals surface area (Å²) in [6, 6.07) is 6.92. The first-order valence-electron chi connectivity index (χ1n) is 8.30. The zero-order valence-electron chi connectivity index (χ0n) is 13.5. The van der Waals surface area contributed by atoms with Gasteiger partial charge in [0.05, 0.1) is 18.4 Å². The molecule has 1 aromatic rings. The summed E-state index contributed by atoms with van der Waals surface area (Å²) in [4.78, 5) is 28.8. The Balaban J connectivity index is 1.62. The van der Waals surface area contributed by atoms with Crippen molar-refractivity contribution in [1.82, 2.24) is 9.80 Å². The molecule has 1 fully saturated rings. The van der Waals surface area contributed by atoms with Gasteiger partial charge in [-0.3, -0.25) is 9.59 Å². The monoisotopic (exact) mass is 348 g/mol. The van der Waals surface area contributed by atoms with Crippen LogP contribution in [-0.4, -0.2) is 54.4 Å². The topological polar surface area (TPSA) is 49.9 Å². The fourth-order valence-electron chi connectivity index (χ4n) is 3.02. The van der Waals surface area contributed by atoms with E-state index < -0.39 is 0 Å². The maximum Gasteiger partial charge on any atom is 0.253 e. The molecule has 3 rings (SSSR count). The molecule has 2 aliphatic rings. The van der Waals surface area contributed by atoms with E-state index in [1.165, 1.54) is 0 Å². The molecule has 1 aromatic carbocycles. The summed E-state index contributed by atoms with van der Waals surface area (Å²) < 4.78 is 5.27. The number of hydrogen-bond acceptors (Lipinski definition) is 3. The highest BCUT2D eigenvalue weighted by atomic mass is 35.5. The molecule has 0 N–H and O–H groups in total. The van der Waals surface area contributed by atoms with Gasteiger partial charge in [0.2, 0.25) is 0 Å². The molecule has 0 radical (unpaired) electrons. The standard InChI is InChI=1S/C18H21ClN2O3/c19-16-6-4-14(5-7-16)17(22)20-8-2-9-21(11-10-20)18(23)15-3-1-12-24-13-15/h4-7,13H,1-3,8-12H2. The quantitative estimate of drug-likeness (QED) is 0.825. The molecule has 5 nitrogen and oxygen atoms in total. The fraction of sp³-hybridized carbons (Fsp3) is 0.444. The lowest BCUT2D eigenvalue weighted by Crippen LogP contribution is -2.38. The minimum atomic E-state index is -0.0128. The van der Waals surface area contributed by atoms with Crippen molar-refractivity contribution >= 4 is 23.4 Å². The molecule has 0 aliphatic carbocycles. The highest BCUT2D eigenvalue weighted by Crippen LogP contribution is 2.17. The van der Waals surface area contributed by atoms with E-state index in [1.54, 1.807) is 30.5 Å². The maximum atomic E-state index is 12.6. The first-order chi connectivity index (χ1) is 11.6. The van der Waals surface area contributed by atoms with Crippen LogP contribution in [0.2, 0.25) is 5.02 Å². The fourth-order valence-corrected chi connectivity index (χ4v) is 3.15. The summed E-state index contributed by atoms with van der Waals surface area (Å²) in [6.45, 7) is 3.10. The number of nitrogens with zero attached hydrogens (tertiary/aromatic N) is 2. The van der Waals surface area contributed by atoms with Gasteiger partial charge in [0.15, 0.2) is 0 Å². The number of benzene rings is 1. The molecule has 24 heavy (non-hydrogen) atoms. The van der Waals surface area contributed by atoms with E-state index in [4.69, 9.17) is 16.3 Å². The van der Waals surface area contributed by atoms with Crippen molar-refractivity contribution in [1.29, 1.82) is 0 Å². The van der Waals surface area contributed by atoms with Crippen molar-refractivity contribution in [2.24, 2.45) is 0 Å². The molecular weight excluding hydrogens is 328 g/mol. The molecule has 0 aromatic heterocycles. The van der Waals surface area contributed by atoms with Crippen molar-refractivity contribution in [2.45, 2.75) is 19.3 Å². The lowest BCUT2D eigenvalue weighted by Gasteiger charge is -2.24. The number of ether oxygens (including phenoxy) is 1. The minimum Gasteiger partial charge on any atom is -0.501 e. The molecule has 0 bridgehead atoms. The maximum absolute atomic E-state index is 12.6. The van der Waals surface area contributed by atoms with Crippen LogP contribution in [0.4, 0.5) is 0 Å². The smallest absolute Gasteiger partial charge is 0.253 e. The SMILES string of the molecule is O=C(C1=COCCC1)N1CCCN(C(=O)c2ccc(Cl)cc2)CC1. The average molecular weight is 349 g/mol. The zero-order chi connectivity index (χ0) is 16.9. The van der Waals surface area contributed by atoms with Gasteiger partial charge in [-0.2, -0.15) is 0 Å². The highest BCUT2D eigenvalue weighted by Gasteiger charge is 2.25. The molecule has 1 saturated heterocycles. The van der Waals surface area contributed by atoms with Crippen LogP contribution in [0.1, 0.15) is 29.6 Å². The Kier molecular flexibility index (Phi) is 5.41. The Morgan fingerprint density at radius 1 is 0.917 bits per heavy atom. The first-order valence-corrected chi connectivity index (χ1v) is 8.68. The summed E-state index contributed by atoms with van der Waals surface area (Å²) in [5, 5.41) is 0.613. The van der Waals surface area contributed by atoms with Crippen LogP contribution in [0.25, 0.3) is 0 Å². The van der Waals surface area contributed by atoms with E-state index in [2.05, 4.69) is 0 Å². The van der Waals surface area contributed by atoms with Gasteiger partial charge in [-0.15, -0.1) is 0 Å². The molecule has 2 aliphatic heterocycles. The third-order valence-corrected chi connectivity index (χ3v) is 4.62. The summed E-state index contributed by atoms with van der Waals surface area (Å²) in [6.07, 6.45) is 4.02. The van der Waals surface area contributed by atoms with Crippen LogP contribution in [0, 0.1) is 0 Å². The van der Waals surface area contributed by atoms with Crippen molar-refractivity contribution in [3.8, 4) is 0 Å². The van der Waals surface area contributed by atoms with E-state index in [0.717, 1.165) is 24.8 Å². The summed E-state index contributed by atoms with van der Waals surface area (Å²) >= 11 is 5.87. The van der Waals surface area contributed by atoms with Crippen LogP contribution in [-0.2, 0) is 9.53 Å². The van der Waals surface area contributed by atoms with Gasteiger partial charge in [0.1, 0.15) is 0 Å². The number of amides is 2. The van der Waals surface area contributed by atoms with Crippen LogP contribution in [0.15, 0.2) is 36.1 Å². The molecule has 128 valence electrons. The molecular formula is C18H21ClN2O3. The van der Waals surface area contributed by atoms with Gasteiger partial charge in [-0.1, -0.05) is 11.6 Å². The number of carbonyl (C=O) groups excluding carboxylic acids is 2. The summed E-state index contributed by atoms with van der Waals surface area (Å²) in [5.41, 5.74) is 1.36. The number of rotatable bonds is 2. The average Bonchev–Trinajstić information content (AvgIpc) is 2.88. The Bertz CT molecular complexity index is 642. The van der Waals surface area contributed by atoms with E-state index in [0.29, 0.717) is 43.4 Å². The van der Waals surface area contributed by atoms with E-state index in [-0.39, 0.29) is 11.8 Å². The van der Waals surface area contributed by atoms with Crippen molar-refractivity contribution in [2.75, 3.05) is 32.8 Å². The highest BCUT2D eigenvalue weighted by molar-refractivity contribution is 6.30. The molecule has 0 spiro atoms.